The van der Waals surface area contributed by atoms with Crippen LogP contribution in [0.5, 0.6) is 0 Å². The van der Waals surface area contributed by atoms with E-state index in [4.69, 9.17) is 9.31 Å². The predicted molar refractivity (Wildman–Crippen MR) is 80.3 cm³/mol. The zero-order valence-electron chi connectivity index (χ0n) is 13.3. The van der Waals surface area contributed by atoms with Gasteiger partial charge in [-0.2, -0.15) is 0 Å². The molecule has 0 saturated carbocycles. The molecule has 0 unspecified atom stereocenters. The summed E-state index contributed by atoms with van der Waals surface area (Å²) in [6, 6.07) is 0. The number of carbonyl (C=O) groups is 1. The van der Waals surface area contributed by atoms with E-state index in [1.165, 1.54) is 13.2 Å². The van der Waals surface area contributed by atoms with Crippen molar-refractivity contribution in [2.75, 3.05) is 7.11 Å². The van der Waals surface area contributed by atoms with Gasteiger partial charge in [-0.3, -0.25) is 0 Å². The van der Waals surface area contributed by atoms with E-state index in [0.717, 1.165) is 0 Å². The van der Waals surface area contributed by atoms with Crippen LogP contribution in [0.25, 0.3) is 0 Å². The van der Waals surface area contributed by atoms with E-state index in [1.54, 1.807) is 6.08 Å². The second kappa shape index (κ2) is 6.59. The molecule has 4 nitrogen and oxygen atoms in total. The largest absolute Gasteiger partial charge is 0.466 e. The fourth-order valence-corrected chi connectivity index (χ4v) is 1.83. The first-order valence-electron chi connectivity index (χ1n) is 6.96. The van der Waals surface area contributed by atoms with Crippen molar-refractivity contribution < 1.29 is 18.8 Å². The van der Waals surface area contributed by atoms with Crippen molar-refractivity contribution in [3.8, 4) is 0 Å². The van der Waals surface area contributed by atoms with Crippen molar-refractivity contribution in [3.63, 3.8) is 0 Å². The van der Waals surface area contributed by atoms with Crippen LogP contribution in [0, 0.1) is 5.92 Å². The third-order valence-corrected chi connectivity index (χ3v) is 3.81. The first kappa shape index (κ1) is 17.0. The summed E-state index contributed by atoms with van der Waals surface area (Å²) in [4.78, 5) is 11.0. The van der Waals surface area contributed by atoms with Crippen molar-refractivity contribution in [1.29, 1.82) is 0 Å². The summed E-state index contributed by atoms with van der Waals surface area (Å²) in [5.74, 6) is -0.173. The Bertz CT molecular complexity index is 383. The summed E-state index contributed by atoms with van der Waals surface area (Å²) >= 11 is 0. The van der Waals surface area contributed by atoms with Gasteiger partial charge in [0.1, 0.15) is 0 Å². The Morgan fingerprint density at radius 2 is 1.75 bits per heavy atom. The molecule has 20 heavy (non-hydrogen) atoms. The van der Waals surface area contributed by atoms with E-state index >= 15 is 0 Å². The number of hydrogen-bond acceptors (Lipinski definition) is 4. The Morgan fingerprint density at radius 1 is 1.20 bits per heavy atom. The number of carbonyl (C=O) groups excluding carboxylic acids is 1. The SMILES string of the molecule is COC(=O)/C=C\[C@H](C)/C=C\CB1OC(C)(C)C(C)(C)O1. The Hall–Kier alpha value is -1.07. The maximum atomic E-state index is 11.0. The minimum Gasteiger partial charge on any atom is -0.466 e. The van der Waals surface area contributed by atoms with Crippen LogP contribution >= 0.6 is 0 Å². The molecule has 5 heteroatoms. The van der Waals surface area contributed by atoms with Crippen LogP contribution in [-0.2, 0) is 18.8 Å². The van der Waals surface area contributed by atoms with Crippen molar-refractivity contribution in [3.05, 3.63) is 24.3 Å². The predicted octanol–water partition coefficient (Wildman–Crippen LogP) is 3.00. The van der Waals surface area contributed by atoms with Gasteiger partial charge in [0.05, 0.1) is 18.3 Å². The van der Waals surface area contributed by atoms with Crippen LogP contribution in [0.1, 0.15) is 34.6 Å². The molecule has 1 heterocycles. The maximum absolute atomic E-state index is 11.0. The Labute approximate surface area is 122 Å². The topological polar surface area (TPSA) is 44.8 Å². The highest BCUT2D eigenvalue weighted by Crippen LogP contribution is 2.37. The maximum Gasteiger partial charge on any atom is 0.461 e. The van der Waals surface area contributed by atoms with Gasteiger partial charge in [-0.1, -0.05) is 25.2 Å². The molecule has 0 spiro atoms. The van der Waals surface area contributed by atoms with Gasteiger partial charge in [-0.05, 0) is 33.6 Å². The number of rotatable bonds is 5. The first-order chi connectivity index (χ1) is 9.18. The molecule has 1 aliphatic heterocycles. The number of esters is 1. The van der Waals surface area contributed by atoms with Gasteiger partial charge in [0.25, 0.3) is 0 Å². The van der Waals surface area contributed by atoms with Gasteiger partial charge in [-0.25, -0.2) is 4.79 Å². The number of hydrogen-bond donors (Lipinski definition) is 0. The molecule has 0 bridgehead atoms. The van der Waals surface area contributed by atoms with E-state index in [2.05, 4.69) is 4.74 Å². The summed E-state index contributed by atoms with van der Waals surface area (Å²) in [5, 5.41) is 0. The molecule has 0 aromatic rings. The average molecular weight is 280 g/mol. The minimum absolute atomic E-state index is 0.163. The molecular weight excluding hydrogens is 255 g/mol. The van der Waals surface area contributed by atoms with Crippen molar-refractivity contribution in [1.82, 2.24) is 0 Å². The average Bonchev–Trinajstić information content (AvgIpc) is 2.54. The molecule has 0 aliphatic carbocycles. The molecule has 1 saturated heterocycles. The molecule has 1 rings (SSSR count). The van der Waals surface area contributed by atoms with Gasteiger partial charge < -0.3 is 14.0 Å². The van der Waals surface area contributed by atoms with Crippen LogP contribution in [0.15, 0.2) is 24.3 Å². The Morgan fingerprint density at radius 3 is 2.25 bits per heavy atom. The number of methoxy groups -OCH3 is 1. The van der Waals surface area contributed by atoms with Crippen LogP contribution < -0.4 is 0 Å². The number of ether oxygens (including phenoxy) is 1. The van der Waals surface area contributed by atoms with E-state index < -0.39 is 0 Å². The Kier molecular flexibility index (Phi) is 5.60. The summed E-state index contributed by atoms with van der Waals surface area (Å²) in [6.07, 6.45) is 7.97. The zero-order valence-corrected chi connectivity index (χ0v) is 13.3. The third kappa shape index (κ3) is 4.49. The van der Waals surface area contributed by atoms with Crippen molar-refractivity contribution >= 4 is 13.1 Å². The molecule has 112 valence electrons. The smallest absolute Gasteiger partial charge is 0.461 e. The van der Waals surface area contributed by atoms with Gasteiger partial charge >= 0.3 is 13.1 Å². The summed E-state index contributed by atoms with van der Waals surface area (Å²) in [6.45, 7) is 10.2. The van der Waals surface area contributed by atoms with Crippen LogP contribution in [0.3, 0.4) is 0 Å². The highest BCUT2D eigenvalue weighted by atomic mass is 16.7. The number of allylic oxidation sites excluding steroid dienone is 3. The summed E-state index contributed by atoms with van der Waals surface area (Å²) in [7, 11) is 1.15. The summed E-state index contributed by atoms with van der Waals surface area (Å²) in [5.41, 5.74) is -0.580. The van der Waals surface area contributed by atoms with Gasteiger partial charge in [-0.15, -0.1) is 0 Å². The molecule has 1 aliphatic rings. The highest BCUT2D eigenvalue weighted by molar-refractivity contribution is 6.46. The fraction of sp³-hybridized carbons (Fsp3) is 0.667. The molecule has 0 aromatic carbocycles. The van der Waals surface area contributed by atoms with Gasteiger partial charge in [0.15, 0.2) is 0 Å². The lowest BCUT2D eigenvalue weighted by atomic mass is 9.84. The molecule has 0 N–H and O–H groups in total. The van der Waals surface area contributed by atoms with E-state index in [0.29, 0.717) is 6.32 Å². The molecule has 0 aromatic heterocycles. The minimum atomic E-state index is -0.337. The second-order valence-corrected chi connectivity index (χ2v) is 6.09. The van der Waals surface area contributed by atoms with Crippen LogP contribution in [0.2, 0.25) is 6.32 Å². The van der Waals surface area contributed by atoms with Gasteiger partial charge in [0.2, 0.25) is 0 Å². The Balaban J connectivity index is 2.43. The normalized spacial score (nSPS) is 22.6. The molecule has 0 radical (unpaired) electrons. The van der Waals surface area contributed by atoms with Crippen LogP contribution in [-0.4, -0.2) is 31.4 Å². The monoisotopic (exact) mass is 280 g/mol. The lowest BCUT2D eigenvalue weighted by Gasteiger charge is -2.32. The van der Waals surface area contributed by atoms with Crippen molar-refractivity contribution in [2.24, 2.45) is 5.92 Å². The molecular formula is C15H25BO4. The lowest BCUT2D eigenvalue weighted by Crippen LogP contribution is -2.41. The molecule has 0 amide bonds. The third-order valence-electron chi connectivity index (χ3n) is 3.81. The lowest BCUT2D eigenvalue weighted by molar-refractivity contribution is -0.134. The quantitative estimate of drug-likeness (QED) is 0.336. The van der Waals surface area contributed by atoms with E-state index in [1.807, 2.05) is 46.8 Å². The van der Waals surface area contributed by atoms with E-state index in [-0.39, 0.29) is 30.2 Å². The second-order valence-electron chi connectivity index (χ2n) is 6.09. The van der Waals surface area contributed by atoms with Crippen LogP contribution in [0.4, 0.5) is 0 Å². The zero-order chi connectivity index (χ0) is 15.4. The standard InChI is InChI=1S/C15H25BO4/c1-12(9-10-13(17)18-6)8-7-11-16-19-14(2,3)15(4,5)20-16/h7-10,12H,11H2,1-6H3/b8-7-,10-9-/t12-/m1/s1. The van der Waals surface area contributed by atoms with Crippen molar-refractivity contribution in [2.45, 2.75) is 52.1 Å². The molecule has 1 atom stereocenters. The highest BCUT2D eigenvalue weighted by Gasteiger charge is 2.50. The van der Waals surface area contributed by atoms with E-state index in [9.17, 15) is 4.79 Å². The molecule has 1 fully saturated rings. The summed E-state index contributed by atoms with van der Waals surface area (Å²) < 4.78 is 16.3. The fourth-order valence-electron chi connectivity index (χ4n) is 1.83. The first-order valence-corrected chi connectivity index (χ1v) is 6.96. The van der Waals surface area contributed by atoms with Gasteiger partial charge in [0, 0.05) is 12.4 Å².